The monoisotopic (exact) mass is 638 g/mol. The highest BCUT2D eigenvalue weighted by Crippen LogP contribution is 2.31. The van der Waals surface area contributed by atoms with Crippen LogP contribution in [0.15, 0.2) is 0 Å². The Morgan fingerprint density at radius 3 is 1.86 bits per heavy atom. The largest absolute Gasteiger partial charge is 0.394 e. The molecule has 16 heteroatoms. The molecule has 44 heavy (non-hydrogen) atoms. The molecule has 14 N–H and O–H groups in total. The first-order valence-electron chi connectivity index (χ1n) is 15.8. The van der Waals surface area contributed by atoms with E-state index in [-0.39, 0.29) is 18.9 Å². The molecule has 0 spiro atoms. The number of aliphatic hydroxyl groups is 7. The van der Waals surface area contributed by atoms with Gasteiger partial charge in [0.1, 0.15) is 61.0 Å². The van der Waals surface area contributed by atoms with Crippen LogP contribution in [-0.2, 0) is 23.7 Å². The van der Waals surface area contributed by atoms with E-state index in [1.165, 1.54) is 19.3 Å². The molecule has 0 aromatic rings. The zero-order chi connectivity index (χ0) is 32.6. The maximum Gasteiger partial charge on any atom is 0.220 e. The number of nitrogens with one attached hydrogen (secondary N) is 1. The number of ether oxygens (including phenoxy) is 4. The molecule has 1 amide bonds. The maximum absolute atomic E-state index is 12.4. The van der Waals surface area contributed by atoms with Crippen LogP contribution in [0.25, 0.3) is 0 Å². The molecule has 3 fully saturated rings. The second kappa shape index (κ2) is 17.7. The number of carbonyl (C=O) groups is 1. The van der Waals surface area contributed by atoms with Crippen LogP contribution in [0, 0.1) is 0 Å². The lowest BCUT2D eigenvalue weighted by Crippen LogP contribution is -2.68. The molecule has 2 aliphatic heterocycles. The predicted octanol–water partition coefficient (Wildman–Crippen LogP) is -3.99. The molecule has 15 atom stereocenters. The van der Waals surface area contributed by atoms with Gasteiger partial charge in [0.05, 0.1) is 12.6 Å². The lowest BCUT2D eigenvalue weighted by atomic mass is 9.84. The van der Waals surface area contributed by atoms with Gasteiger partial charge in [0.15, 0.2) is 12.6 Å². The van der Waals surface area contributed by atoms with Crippen molar-refractivity contribution in [2.24, 2.45) is 17.2 Å². The third-order valence-electron chi connectivity index (χ3n) is 8.76. The highest BCUT2D eigenvalue weighted by molar-refractivity contribution is 5.75. The molecule has 2 saturated heterocycles. The molecule has 0 unspecified atom stereocenters. The van der Waals surface area contributed by atoms with Crippen molar-refractivity contribution in [3.8, 4) is 0 Å². The van der Waals surface area contributed by atoms with Crippen LogP contribution in [0.2, 0.25) is 0 Å². The highest BCUT2D eigenvalue weighted by atomic mass is 16.7. The van der Waals surface area contributed by atoms with Crippen molar-refractivity contribution in [1.29, 1.82) is 0 Å². The maximum atomic E-state index is 12.4. The van der Waals surface area contributed by atoms with Crippen LogP contribution < -0.4 is 22.5 Å². The Morgan fingerprint density at radius 1 is 0.727 bits per heavy atom. The number of carbonyl (C=O) groups excluding carboxylic acids is 1. The van der Waals surface area contributed by atoms with Crippen LogP contribution >= 0.6 is 0 Å². The molecule has 1 aliphatic carbocycles. The van der Waals surface area contributed by atoms with Gasteiger partial charge in [0.2, 0.25) is 5.91 Å². The fraction of sp³-hybridized carbons (Fsp3) is 0.964. The molecule has 2 heterocycles. The molecule has 0 aromatic heterocycles. The predicted molar refractivity (Wildman–Crippen MR) is 154 cm³/mol. The Kier molecular flexibility index (Phi) is 15.1. The molecule has 0 aromatic carbocycles. The summed E-state index contributed by atoms with van der Waals surface area (Å²) in [7, 11) is 0. The van der Waals surface area contributed by atoms with E-state index in [4.69, 9.17) is 36.1 Å². The van der Waals surface area contributed by atoms with E-state index in [1.807, 2.05) is 0 Å². The third-order valence-corrected chi connectivity index (χ3v) is 8.76. The number of nitrogens with two attached hydrogens (primary N) is 3. The highest BCUT2D eigenvalue weighted by Gasteiger charge is 2.51. The fourth-order valence-corrected chi connectivity index (χ4v) is 5.92. The molecular weight excluding hydrogens is 584 g/mol. The Balaban J connectivity index is 1.57. The van der Waals surface area contributed by atoms with Crippen LogP contribution in [0.4, 0.5) is 0 Å². The summed E-state index contributed by atoms with van der Waals surface area (Å²) >= 11 is 0. The molecule has 0 radical (unpaired) electrons. The Labute approximate surface area is 257 Å². The van der Waals surface area contributed by atoms with Gasteiger partial charge < -0.3 is 77.2 Å². The standard InChI is InChI=1S/C28H54N4O12/c1-2-3-4-5-6-7-8-9-17(34)32-11-15-20(36)22(38)23(39)28(41-15)44-26-14(30)10-13(29)25(24(26)40)43-27-21(37)18(31)19(35)16(12-33)42-27/h13-16,18-28,33,35-40H,2-12,29-31H2,1H3,(H,32,34)/t13-,14+,15-,16-,18+,19-,20-,21-,22+,23-,24-,25+,26-,27-,28-/m1/s1. The van der Waals surface area contributed by atoms with E-state index in [2.05, 4.69) is 12.2 Å². The van der Waals surface area contributed by atoms with E-state index >= 15 is 0 Å². The minimum atomic E-state index is -1.73. The smallest absolute Gasteiger partial charge is 0.220 e. The van der Waals surface area contributed by atoms with Crippen molar-refractivity contribution in [3.05, 3.63) is 0 Å². The summed E-state index contributed by atoms with van der Waals surface area (Å²) in [6.45, 7) is 1.38. The van der Waals surface area contributed by atoms with Crippen molar-refractivity contribution in [2.45, 2.75) is 156 Å². The molecule has 0 bridgehead atoms. The number of hydrogen-bond donors (Lipinski definition) is 11. The number of rotatable bonds is 15. The Hall–Kier alpha value is -1.09. The van der Waals surface area contributed by atoms with Crippen molar-refractivity contribution in [1.82, 2.24) is 5.32 Å². The second-order valence-corrected chi connectivity index (χ2v) is 12.2. The van der Waals surface area contributed by atoms with Gasteiger partial charge in [-0.3, -0.25) is 4.79 Å². The summed E-state index contributed by atoms with van der Waals surface area (Å²) in [5, 5.41) is 75.6. The summed E-state index contributed by atoms with van der Waals surface area (Å²) in [4.78, 5) is 12.4. The zero-order valence-corrected chi connectivity index (χ0v) is 25.3. The average molecular weight is 639 g/mol. The minimum Gasteiger partial charge on any atom is -0.394 e. The normalized spacial score (nSPS) is 43.1. The van der Waals surface area contributed by atoms with Gasteiger partial charge in [0, 0.05) is 25.0 Å². The summed E-state index contributed by atoms with van der Waals surface area (Å²) < 4.78 is 22.8. The van der Waals surface area contributed by atoms with Gasteiger partial charge in [0.25, 0.3) is 0 Å². The zero-order valence-electron chi connectivity index (χ0n) is 25.3. The number of unbranched alkanes of at least 4 members (excludes halogenated alkanes) is 6. The van der Waals surface area contributed by atoms with Crippen molar-refractivity contribution < 1.29 is 59.5 Å². The lowest BCUT2D eigenvalue weighted by molar-refractivity contribution is -0.332. The van der Waals surface area contributed by atoms with E-state index in [0.29, 0.717) is 6.42 Å². The molecule has 16 nitrogen and oxygen atoms in total. The molecule has 3 rings (SSSR count). The quantitative estimate of drug-likeness (QED) is 0.0762. The summed E-state index contributed by atoms with van der Waals surface area (Å²) in [6, 6.07) is -2.97. The van der Waals surface area contributed by atoms with Crippen molar-refractivity contribution >= 4 is 5.91 Å². The van der Waals surface area contributed by atoms with Crippen LogP contribution in [0.1, 0.15) is 64.7 Å². The minimum absolute atomic E-state index is 0.0550. The van der Waals surface area contributed by atoms with Gasteiger partial charge in [-0.05, 0) is 12.8 Å². The van der Waals surface area contributed by atoms with E-state index < -0.39 is 98.4 Å². The SMILES string of the molecule is CCCCCCCCCC(=O)NC[C@H]1O[C@H](O[C@H]2[C@H](O)[C@@H](O[C@H]3O[C@H](CO)[C@@H](O)[C@H](N)[C@H]3O)[C@H](N)C[C@@H]2N)[C@H](O)[C@@H](O)[C@@H]1O. The lowest BCUT2D eigenvalue weighted by Gasteiger charge is -2.48. The van der Waals surface area contributed by atoms with Gasteiger partial charge in [-0.1, -0.05) is 45.4 Å². The fourth-order valence-electron chi connectivity index (χ4n) is 5.92. The molecular formula is C28H54N4O12. The molecule has 258 valence electrons. The third kappa shape index (κ3) is 9.48. The number of amides is 1. The van der Waals surface area contributed by atoms with Crippen LogP contribution in [0.3, 0.4) is 0 Å². The number of aliphatic hydroxyl groups excluding tert-OH is 7. The van der Waals surface area contributed by atoms with Crippen LogP contribution in [-0.4, -0.2) is 147 Å². The second-order valence-electron chi connectivity index (χ2n) is 12.2. The average Bonchev–Trinajstić information content (AvgIpc) is 2.99. The van der Waals surface area contributed by atoms with Gasteiger partial charge in [-0.15, -0.1) is 0 Å². The first-order chi connectivity index (χ1) is 20.9. The van der Waals surface area contributed by atoms with Crippen molar-refractivity contribution in [2.75, 3.05) is 13.2 Å². The summed E-state index contributed by atoms with van der Waals surface area (Å²) in [5.74, 6) is -0.242. The first kappa shape index (κ1) is 37.4. The summed E-state index contributed by atoms with van der Waals surface area (Å²) in [5.41, 5.74) is 18.3. The first-order valence-corrected chi connectivity index (χ1v) is 15.8. The van der Waals surface area contributed by atoms with Crippen LogP contribution in [0.5, 0.6) is 0 Å². The van der Waals surface area contributed by atoms with E-state index in [9.17, 15) is 40.5 Å². The molecule has 1 saturated carbocycles. The topological polar surface area (TPSA) is 286 Å². The Morgan fingerprint density at radius 2 is 1.27 bits per heavy atom. The van der Waals surface area contributed by atoms with Crippen molar-refractivity contribution in [3.63, 3.8) is 0 Å². The summed E-state index contributed by atoms with van der Waals surface area (Å²) in [6.07, 6.45) is -9.47. The van der Waals surface area contributed by atoms with Gasteiger partial charge in [-0.25, -0.2) is 0 Å². The van der Waals surface area contributed by atoms with Gasteiger partial charge >= 0.3 is 0 Å². The van der Waals surface area contributed by atoms with E-state index in [0.717, 1.165) is 25.7 Å². The van der Waals surface area contributed by atoms with E-state index in [1.54, 1.807) is 0 Å². The number of hydrogen-bond acceptors (Lipinski definition) is 15. The van der Waals surface area contributed by atoms with Gasteiger partial charge in [-0.2, -0.15) is 0 Å². The Bertz CT molecular complexity index is 861. The molecule has 3 aliphatic rings.